The smallest absolute Gasteiger partial charge is 0.224 e. The van der Waals surface area contributed by atoms with Gasteiger partial charge in [-0.3, -0.25) is 0 Å². The molecule has 1 aromatic heterocycles. The molecule has 0 aliphatic carbocycles. The van der Waals surface area contributed by atoms with E-state index in [4.69, 9.17) is 5.11 Å². The Kier molecular flexibility index (Phi) is 6.32. The van der Waals surface area contributed by atoms with Crippen LogP contribution in [0.3, 0.4) is 0 Å². The third kappa shape index (κ3) is 4.56. The van der Waals surface area contributed by atoms with Gasteiger partial charge in [0.1, 0.15) is 5.82 Å². The Hall–Kier alpha value is -1.36. The summed E-state index contributed by atoms with van der Waals surface area (Å²) in [4.78, 5) is 10.7. The lowest BCUT2D eigenvalue weighted by Gasteiger charge is -2.22. The largest absolute Gasteiger partial charge is 0.395 e. The Morgan fingerprint density at radius 3 is 2.76 bits per heavy atom. The van der Waals surface area contributed by atoms with Crippen LogP contribution in [0.4, 0.5) is 11.8 Å². The summed E-state index contributed by atoms with van der Waals surface area (Å²) in [7, 11) is 0. The van der Waals surface area contributed by atoms with Crippen molar-refractivity contribution in [1.82, 2.24) is 9.97 Å². The maximum Gasteiger partial charge on any atom is 0.224 e. The van der Waals surface area contributed by atoms with Crippen LogP contribution in [0.5, 0.6) is 0 Å². The van der Waals surface area contributed by atoms with Crippen molar-refractivity contribution in [3.63, 3.8) is 0 Å². The molecule has 5 nitrogen and oxygen atoms in total. The zero-order valence-corrected chi connectivity index (χ0v) is 10.7. The molecule has 0 fully saturated rings. The normalized spacial score (nSPS) is 10.3. The van der Waals surface area contributed by atoms with Gasteiger partial charge in [-0.1, -0.05) is 13.8 Å². The molecule has 0 radical (unpaired) electrons. The first-order chi connectivity index (χ1) is 8.31. The summed E-state index contributed by atoms with van der Waals surface area (Å²) in [5, 5.41) is 12.2. The summed E-state index contributed by atoms with van der Waals surface area (Å²) in [6.45, 7) is 6.73. The molecule has 0 bridgehead atoms. The van der Waals surface area contributed by atoms with Crippen LogP contribution >= 0.6 is 0 Å². The number of rotatable bonds is 8. The van der Waals surface area contributed by atoms with Crippen molar-refractivity contribution in [1.29, 1.82) is 0 Å². The molecule has 0 atom stereocenters. The molecule has 0 unspecified atom stereocenters. The van der Waals surface area contributed by atoms with Gasteiger partial charge < -0.3 is 15.3 Å². The average Bonchev–Trinajstić information content (AvgIpc) is 2.36. The summed E-state index contributed by atoms with van der Waals surface area (Å²) < 4.78 is 0. The summed E-state index contributed by atoms with van der Waals surface area (Å²) >= 11 is 0. The molecule has 2 N–H and O–H groups in total. The topological polar surface area (TPSA) is 61.3 Å². The Morgan fingerprint density at radius 1 is 1.29 bits per heavy atom. The molecule has 1 rings (SSSR count). The molecule has 0 saturated carbocycles. The van der Waals surface area contributed by atoms with Crippen molar-refractivity contribution < 1.29 is 5.11 Å². The van der Waals surface area contributed by atoms with Crippen LogP contribution in [0.2, 0.25) is 0 Å². The SMILES string of the molecule is CCCNc1nccc(N(CCC)CCO)n1. The van der Waals surface area contributed by atoms with Crippen molar-refractivity contribution in [3.05, 3.63) is 12.3 Å². The predicted octanol–water partition coefficient (Wildman–Crippen LogP) is 1.51. The molecule has 1 heterocycles. The first-order valence-corrected chi connectivity index (χ1v) is 6.24. The molecule has 1 aromatic rings. The van der Waals surface area contributed by atoms with Crippen LogP contribution in [0.1, 0.15) is 26.7 Å². The molecule has 0 saturated heterocycles. The minimum absolute atomic E-state index is 0.141. The van der Waals surface area contributed by atoms with E-state index < -0.39 is 0 Å². The predicted molar refractivity (Wildman–Crippen MR) is 70.4 cm³/mol. The summed E-state index contributed by atoms with van der Waals surface area (Å²) in [5.41, 5.74) is 0. The van der Waals surface area contributed by atoms with Gasteiger partial charge >= 0.3 is 0 Å². The number of hydrogen-bond acceptors (Lipinski definition) is 5. The summed E-state index contributed by atoms with van der Waals surface area (Å²) in [6.07, 6.45) is 3.82. The van der Waals surface area contributed by atoms with E-state index in [1.807, 2.05) is 6.07 Å². The Balaban J connectivity index is 2.72. The van der Waals surface area contributed by atoms with Gasteiger partial charge in [0, 0.05) is 25.8 Å². The molecule has 0 aliphatic rings. The molecule has 5 heteroatoms. The second-order valence-corrected chi connectivity index (χ2v) is 3.88. The van der Waals surface area contributed by atoms with Crippen LogP contribution in [0.25, 0.3) is 0 Å². The van der Waals surface area contributed by atoms with Crippen molar-refractivity contribution >= 4 is 11.8 Å². The van der Waals surface area contributed by atoms with E-state index in [0.717, 1.165) is 31.7 Å². The number of aliphatic hydroxyl groups is 1. The zero-order chi connectivity index (χ0) is 12.5. The molecular formula is C12H22N4O. The van der Waals surface area contributed by atoms with Gasteiger partial charge in [-0.25, -0.2) is 4.98 Å². The van der Waals surface area contributed by atoms with Gasteiger partial charge in [-0.2, -0.15) is 4.98 Å². The van der Waals surface area contributed by atoms with Crippen LogP contribution in [0.15, 0.2) is 12.3 Å². The Labute approximate surface area is 103 Å². The molecule has 17 heavy (non-hydrogen) atoms. The Morgan fingerprint density at radius 2 is 2.12 bits per heavy atom. The molecule has 0 amide bonds. The van der Waals surface area contributed by atoms with Gasteiger partial charge in [0.15, 0.2) is 0 Å². The Bertz CT molecular complexity index is 313. The number of aliphatic hydroxyl groups excluding tert-OH is 1. The van der Waals surface area contributed by atoms with E-state index in [-0.39, 0.29) is 6.61 Å². The van der Waals surface area contributed by atoms with Crippen LogP contribution in [-0.2, 0) is 0 Å². The lowest BCUT2D eigenvalue weighted by molar-refractivity contribution is 0.301. The highest BCUT2D eigenvalue weighted by atomic mass is 16.3. The number of nitrogens with one attached hydrogen (secondary N) is 1. The molecule has 96 valence electrons. The second kappa shape index (κ2) is 7.84. The summed E-state index contributed by atoms with van der Waals surface area (Å²) in [5.74, 6) is 1.53. The van der Waals surface area contributed by atoms with Gasteiger partial charge in [0.05, 0.1) is 6.61 Å². The van der Waals surface area contributed by atoms with Crippen molar-refractivity contribution in [2.75, 3.05) is 36.5 Å². The first-order valence-electron chi connectivity index (χ1n) is 6.24. The van der Waals surface area contributed by atoms with E-state index in [1.165, 1.54) is 0 Å². The number of nitrogens with zero attached hydrogens (tertiary/aromatic N) is 3. The van der Waals surface area contributed by atoms with Gasteiger partial charge in [-0.15, -0.1) is 0 Å². The van der Waals surface area contributed by atoms with Crippen molar-refractivity contribution in [2.45, 2.75) is 26.7 Å². The third-order valence-electron chi connectivity index (χ3n) is 2.36. The number of aromatic nitrogens is 2. The highest BCUT2D eigenvalue weighted by molar-refractivity contribution is 5.42. The monoisotopic (exact) mass is 238 g/mol. The van der Waals surface area contributed by atoms with Crippen molar-refractivity contribution in [2.24, 2.45) is 0 Å². The van der Waals surface area contributed by atoms with E-state index in [1.54, 1.807) is 6.20 Å². The van der Waals surface area contributed by atoms with Crippen LogP contribution < -0.4 is 10.2 Å². The molecular weight excluding hydrogens is 216 g/mol. The fourth-order valence-corrected chi connectivity index (χ4v) is 1.58. The number of anilines is 2. The van der Waals surface area contributed by atoms with Gasteiger partial charge in [0.2, 0.25) is 5.95 Å². The van der Waals surface area contributed by atoms with E-state index in [0.29, 0.717) is 12.5 Å². The van der Waals surface area contributed by atoms with Crippen LogP contribution in [0, 0.1) is 0 Å². The zero-order valence-electron chi connectivity index (χ0n) is 10.7. The highest BCUT2D eigenvalue weighted by Crippen LogP contribution is 2.12. The third-order valence-corrected chi connectivity index (χ3v) is 2.36. The van der Waals surface area contributed by atoms with Crippen molar-refractivity contribution in [3.8, 4) is 0 Å². The quantitative estimate of drug-likeness (QED) is 0.719. The van der Waals surface area contributed by atoms with Gasteiger partial charge in [-0.05, 0) is 18.9 Å². The highest BCUT2D eigenvalue weighted by Gasteiger charge is 2.07. The van der Waals surface area contributed by atoms with E-state index >= 15 is 0 Å². The maximum absolute atomic E-state index is 9.03. The average molecular weight is 238 g/mol. The summed E-state index contributed by atoms with van der Waals surface area (Å²) in [6, 6.07) is 1.88. The standard InChI is InChI=1S/C12H22N4O/c1-3-6-13-12-14-7-5-11(15-12)16(8-4-2)9-10-17/h5,7,17H,3-4,6,8-10H2,1-2H3,(H,13,14,15). The van der Waals surface area contributed by atoms with E-state index in [9.17, 15) is 0 Å². The lowest BCUT2D eigenvalue weighted by Crippen LogP contribution is -2.28. The fourth-order valence-electron chi connectivity index (χ4n) is 1.58. The van der Waals surface area contributed by atoms with E-state index in [2.05, 4.69) is 34.0 Å². The minimum Gasteiger partial charge on any atom is -0.395 e. The minimum atomic E-state index is 0.141. The molecule has 0 aromatic carbocycles. The first kappa shape index (κ1) is 13.7. The second-order valence-electron chi connectivity index (χ2n) is 3.88. The molecule has 0 aliphatic heterocycles. The fraction of sp³-hybridized carbons (Fsp3) is 0.667. The maximum atomic E-state index is 9.03. The number of hydrogen-bond donors (Lipinski definition) is 2. The lowest BCUT2D eigenvalue weighted by atomic mass is 10.4. The van der Waals surface area contributed by atoms with Gasteiger partial charge in [0.25, 0.3) is 0 Å². The van der Waals surface area contributed by atoms with Crippen LogP contribution in [-0.4, -0.2) is 41.3 Å². The molecule has 0 spiro atoms.